The number of rotatable bonds is 3. The number of likely N-dealkylation sites (tertiary alicyclic amines) is 1. The van der Waals surface area contributed by atoms with E-state index in [0.29, 0.717) is 18.7 Å². The number of hydrogen-bond acceptors (Lipinski definition) is 2. The molecule has 1 saturated heterocycles. The number of nitrogens with zero attached hydrogens (tertiary/aromatic N) is 1. The van der Waals surface area contributed by atoms with E-state index in [0.717, 1.165) is 6.42 Å². The summed E-state index contributed by atoms with van der Waals surface area (Å²) < 4.78 is 13.7. The van der Waals surface area contributed by atoms with E-state index in [-0.39, 0.29) is 17.6 Å². The Morgan fingerprint density at radius 2 is 1.71 bits per heavy atom. The van der Waals surface area contributed by atoms with Crippen LogP contribution in [0.15, 0.2) is 54.6 Å². The maximum atomic E-state index is 13.7. The van der Waals surface area contributed by atoms with Gasteiger partial charge in [0.05, 0.1) is 5.69 Å². The summed E-state index contributed by atoms with van der Waals surface area (Å²) in [5.41, 5.74) is 0.792. The minimum Gasteiger partial charge on any atom is -0.322 e. The molecule has 2 N–H and O–H groups in total. The molecule has 3 amide bonds. The third-order valence-corrected chi connectivity index (χ3v) is 3.97. The molecule has 0 spiro atoms. The predicted octanol–water partition coefficient (Wildman–Crippen LogP) is 3.46. The zero-order valence-corrected chi connectivity index (χ0v) is 13.0. The maximum absolute atomic E-state index is 13.7. The Morgan fingerprint density at radius 3 is 2.46 bits per heavy atom. The van der Waals surface area contributed by atoms with Crippen LogP contribution in [0.4, 0.5) is 20.6 Å². The number of halogens is 1. The van der Waals surface area contributed by atoms with E-state index in [4.69, 9.17) is 0 Å². The van der Waals surface area contributed by atoms with Crippen molar-refractivity contribution >= 4 is 23.3 Å². The van der Waals surface area contributed by atoms with Crippen molar-refractivity contribution in [2.45, 2.75) is 18.9 Å². The van der Waals surface area contributed by atoms with Crippen LogP contribution in [0.3, 0.4) is 0 Å². The number of hydrogen-bond donors (Lipinski definition) is 2. The lowest BCUT2D eigenvalue weighted by atomic mass is 10.2. The van der Waals surface area contributed by atoms with Crippen molar-refractivity contribution in [3.8, 4) is 0 Å². The molecule has 1 aliphatic heterocycles. The SMILES string of the molecule is O=C(Nc1ccccc1F)C1CCCN1C(=O)Nc1ccccc1. The summed E-state index contributed by atoms with van der Waals surface area (Å²) in [6, 6.07) is 14.1. The number of urea groups is 1. The third kappa shape index (κ3) is 3.53. The monoisotopic (exact) mass is 327 g/mol. The van der Waals surface area contributed by atoms with Gasteiger partial charge in [0.1, 0.15) is 11.9 Å². The van der Waals surface area contributed by atoms with Crippen LogP contribution < -0.4 is 10.6 Å². The lowest BCUT2D eigenvalue weighted by molar-refractivity contribution is -0.119. The first-order valence-corrected chi connectivity index (χ1v) is 7.83. The van der Waals surface area contributed by atoms with Crippen molar-refractivity contribution in [2.75, 3.05) is 17.2 Å². The van der Waals surface area contributed by atoms with Crippen LogP contribution in [-0.4, -0.2) is 29.4 Å². The number of carbonyl (C=O) groups is 2. The first-order chi connectivity index (χ1) is 11.6. The van der Waals surface area contributed by atoms with E-state index < -0.39 is 11.9 Å². The Kier molecular flexibility index (Phi) is 4.74. The fourth-order valence-electron chi connectivity index (χ4n) is 2.78. The van der Waals surface area contributed by atoms with Crippen molar-refractivity contribution < 1.29 is 14.0 Å². The number of anilines is 2. The molecule has 0 radical (unpaired) electrons. The summed E-state index contributed by atoms with van der Waals surface area (Å²) >= 11 is 0. The normalized spacial score (nSPS) is 16.7. The lowest BCUT2D eigenvalue weighted by Gasteiger charge is -2.24. The molecule has 24 heavy (non-hydrogen) atoms. The van der Waals surface area contributed by atoms with E-state index in [2.05, 4.69) is 10.6 Å². The van der Waals surface area contributed by atoms with Gasteiger partial charge in [0, 0.05) is 12.2 Å². The fraction of sp³-hybridized carbons (Fsp3) is 0.222. The maximum Gasteiger partial charge on any atom is 0.322 e. The quantitative estimate of drug-likeness (QED) is 0.907. The van der Waals surface area contributed by atoms with Crippen LogP contribution in [0, 0.1) is 5.82 Å². The van der Waals surface area contributed by atoms with Gasteiger partial charge >= 0.3 is 6.03 Å². The first-order valence-electron chi connectivity index (χ1n) is 7.83. The highest BCUT2D eigenvalue weighted by Crippen LogP contribution is 2.21. The average molecular weight is 327 g/mol. The van der Waals surface area contributed by atoms with Gasteiger partial charge in [-0.2, -0.15) is 0 Å². The summed E-state index contributed by atoms with van der Waals surface area (Å²) in [7, 11) is 0. The van der Waals surface area contributed by atoms with Crippen LogP contribution in [-0.2, 0) is 4.79 Å². The molecule has 3 rings (SSSR count). The van der Waals surface area contributed by atoms with Crippen LogP contribution in [0.1, 0.15) is 12.8 Å². The Hall–Kier alpha value is -2.89. The minimum atomic E-state index is -0.603. The topological polar surface area (TPSA) is 61.4 Å². The summed E-state index contributed by atoms with van der Waals surface area (Å²) in [6.45, 7) is 0.494. The summed E-state index contributed by atoms with van der Waals surface area (Å²) in [6.07, 6.45) is 1.29. The average Bonchev–Trinajstić information content (AvgIpc) is 3.08. The van der Waals surface area contributed by atoms with Gasteiger partial charge in [-0.3, -0.25) is 4.79 Å². The molecule has 1 heterocycles. The molecule has 1 fully saturated rings. The highest BCUT2D eigenvalue weighted by atomic mass is 19.1. The molecule has 0 aliphatic carbocycles. The molecule has 1 atom stereocenters. The van der Waals surface area contributed by atoms with Gasteiger partial charge in [-0.1, -0.05) is 30.3 Å². The largest absolute Gasteiger partial charge is 0.322 e. The molecule has 2 aromatic carbocycles. The number of para-hydroxylation sites is 2. The van der Waals surface area contributed by atoms with Crippen LogP contribution in [0.25, 0.3) is 0 Å². The van der Waals surface area contributed by atoms with Crippen molar-refractivity contribution in [1.29, 1.82) is 0 Å². The molecule has 0 bridgehead atoms. The molecule has 1 aliphatic rings. The van der Waals surface area contributed by atoms with Crippen molar-refractivity contribution in [3.05, 3.63) is 60.4 Å². The summed E-state index contributed by atoms with van der Waals surface area (Å²) in [4.78, 5) is 26.3. The predicted molar refractivity (Wildman–Crippen MR) is 90.2 cm³/mol. The molecule has 0 saturated carbocycles. The van der Waals surface area contributed by atoms with Crippen LogP contribution in [0.5, 0.6) is 0 Å². The third-order valence-electron chi connectivity index (χ3n) is 3.97. The van der Waals surface area contributed by atoms with Crippen LogP contribution >= 0.6 is 0 Å². The zero-order chi connectivity index (χ0) is 16.9. The molecule has 124 valence electrons. The standard InChI is InChI=1S/C18H18FN3O2/c19-14-9-4-5-10-15(14)21-17(23)16-11-6-12-22(16)18(24)20-13-7-2-1-3-8-13/h1-5,7-10,16H,6,11-12H2,(H,20,24)(H,21,23). The zero-order valence-electron chi connectivity index (χ0n) is 13.0. The Balaban J connectivity index is 1.67. The second-order valence-corrected chi connectivity index (χ2v) is 5.62. The Morgan fingerprint density at radius 1 is 1.00 bits per heavy atom. The molecular weight excluding hydrogens is 309 g/mol. The van der Waals surface area contributed by atoms with Crippen molar-refractivity contribution in [3.63, 3.8) is 0 Å². The molecular formula is C18H18FN3O2. The van der Waals surface area contributed by atoms with E-state index >= 15 is 0 Å². The first kappa shape index (κ1) is 16.0. The summed E-state index contributed by atoms with van der Waals surface area (Å²) in [5, 5.41) is 5.34. The number of benzene rings is 2. The Labute approximate surface area is 139 Å². The lowest BCUT2D eigenvalue weighted by Crippen LogP contribution is -2.45. The molecule has 0 aromatic heterocycles. The van der Waals surface area contributed by atoms with Gasteiger partial charge in [-0.05, 0) is 37.1 Å². The van der Waals surface area contributed by atoms with Gasteiger partial charge in [-0.15, -0.1) is 0 Å². The Bertz CT molecular complexity index is 736. The van der Waals surface area contributed by atoms with Crippen molar-refractivity contribution in [1.82, 2.24) is 4.90 Å². The van der Waals surface area contributed by atoms with Gasteiger partial charge in [0.25, 0.3) is 0 Å². The molecule has 5 nitrogen and oxygen atoms in total. The summed E-state index contributed by atoms with van der Waals surface area (Å²) in [5.74, 6) is -0.870. The van der Waals surface area contributed by atoms with Gasteiger partial charge in [0.2, 0.25) is 5.91 Å². The van der Waals surface area contributed by atoms with Gasteiger partial charge < -0.3 is 15.5 Å². The van der Waals surface area contributed by atoms with Gasteiger partial charge in [0.15, 0.2) is 0 Å². The van der Waals surface area contributed by atoms with E-state index in [1.54, 1.807) is 24.3 Å². The van der Waals surface area contributed by atoms with Gasteiger partial charge in [-0.25, -0.2) is 9.18 Å². The van der Waals surface area contributed by atoms with E-state index in [9.17, 15) is 14.0 Å². The van der Waals surface area contributed by atoms with E-state index in [1.807, 2.05) is 18.2 Å². The van der Waals surface area contributed by atoms with Crippen LogP contribution in [0.2, 0.25) is 0 Å². The number of nitrogens with one attached hydrogen (secondary N) is 2. The number of amides is 3. The minimum absolute atomic E-state index is 0.123. The molecule has 2 aromatic rings. The molecule has 6 heteroatoms. The fourth-order valence-corrected chi connectivity index (χ4v) is 2.78. The molecule has 1 unspecified atom stereocenters. The second kappa shape index (κ2) is 7.12. The highest BCUT2D eigenvalue weighted by Gasteiger charge is 2.34. The highest BCUT2D eigenvalue weighted by molar-refractivity contribution is 5.99. The second-order valence-electron chi connectivity index (χ2n) is 5.62. The van der Waals surface area contributed by atoms with E-state index in [1.165, 1.54) is 17.0 Å². The van der Waals surface area contributed by atoms with Crippen molar-refractivity contribution in [2.24, 2.45) is 0 Å². The number of carbonyl (C=O) groups excluding carboxylic acids is 2. The smallest absolute Gasteiger partial charge is 0.322 e.